The fraction of sp³-hybridized carbons (Fsp3) is 0.167. The van der Waals surface area contributed by atoms with E-state index in [9.17, 15) is 13.2 Å². The lowest BCUT2D eigenvalue weighted by Crippen LogP contribution is -2.35. The summed E-state index contributed by atoms with van der Waals surface area (Å²) in [5.74, 6) is -0.689. The fourth-order valence-corrected chi connectivity index (χ4v) is 3.04. The van der Waals surface area contributed by atoms with Crippen LogP contribution in [0.15, 0.2) is 22.7 Å². The number of amides is 1. The summed E-state index contributed by atoms with van der Waals surface area (Å²) < 4.78 is 27.9. The van der Waals surface area contributed by atoms with Crippen molar-refractivity contribution in [1.29, 1.82) is 5.41 Å². The van der Waals surface area contributed by atoms with Gasteiger partial charge in [-0.2, -0.15) is 8.42 Å². The molecule has 0 atom stereocenters. The third-order valence-electron chi connectivity index (χ3n) is 2.30. The van der Waals surface area contributed by atoms with E-state index in [0.717, 1.165) is 20.1 Å². The van der Waals surface area contributed by atoms with E-state index < -0.39 is 10.1 Å². The molecule has 0 fully saturated rings. The number of hydrogen-bond donors (Lipinski definition) is 4. The Labute approximate surface area is 139 Å². The van der Waals surface area contributed by atoms with Crippen LogP contribution in [0.25, 0.3) is 10.1 Å². The first-order chi connectivity index (χ1) is 9.99. The zero-order valence-corrected chi connectivity index (χ0v) is 14.9. The minimum atomic E-state index is -3.67. The zero-order valence-electron chi connectivity index (χ0n) is 11.7. The number of fused-ring (bicyclic) bond motifs is 1. The molecule has 0 aliphatic rings. The number of guanidine groups is 1. The van der Waals surface area contributed by atoms with Gasteiger partial charge in [0, 0.05) is 14.6 Å². The van der Waals surface area contributed by atoms with Crippen LogP contribution in [0.3, 0.4) is 0 Å². The molecule has 7 nitrogen and oxygen atoms in total. The van der Waals surface area contributed by atoms with E-state index >= 15 is 0 Å². The Bertz CT molecular complexity index is 822. The summed E-state index contributed by atoms with van der Waals surface area (Å²) in [7, 11) is -3.67. The molecule has 0 bridgehead atoms. The van der Waals surface area contributed by atoms with E-state index in [0.29, 0.717) is 11.1 Å². The lowest BCUT2D eigenvalue weighted by molar-refractivity contribution is 0.0980. The molecule has 22 heavy (non-hydrogen) atoms. The summed E-state index contributed by atoms with van der Waals surface area (Å²) in [5.41, 5.74) is 6.24. The van der Waals surface area contributed by atoms with Gasteiger partial charge in [-0.05, 0) is 40.5 Å². The van der Waals surface area contributed by atoms with Gasteiger partial charge in [0.15, 0.2) is 5.96 Å². The number of nitrogens with two attached hydrogens (primary N) is 1. The van der Waals surface area contributed by atoms with E-state index in [4.69, 9.17) is 15.7 Å². The highest BCUT2D eigenvalue weighted by Crippen LogP contribution is 2.33. The van der Waals surface area contributed by atoms with Crippen LogP contribution < -0.4 is 11.1 Å². The van der Waals surface area contributed by atoms with Crippen molar-refractivity contribution in [2.45, 2.75) is 6.92 Å². The molecule has 0 radical (unpaired) electrons. The number of hydrogen-bond acceptors (Lipinski definition) is 5. The van der Waals surface area contributed by atoms with E-state index in [-0.39, 0.29) is 11.9 Å². The fourth-order valence-electron chi connectivity index (χ4n) is 1.48. The van der Waals surface area contributed by atoms with Crippen LogP contribution in [0.5, 0.6) is 0 Å². The minimum Gasteiger partial charge on any atom is -0.370 e. The van der Waals surface area contributed by atoms with Crippen LogP contribution in [0.1, 0.15) is 15.2 Å². The number of carbonyl (C=O) groups is 1. The third-order valence-corrected chi connectivity index (χ3v) is 4.45. The van der Waals surface area contributed by atoms with Crippen LogP contribution in [-0.4, -0.2) is 31.1 Å². The number of thiophene rings is 1. The van der Waals surface area contributed by atoms with Crippen LogP contribution in [0.2, 0.25) is 0 Å². The molecule has 2 aromatic rings. The van der Waals surface area contributed by atoms with Gasteiger partial charge in [0.25, 0.3) is 16.0 Å². The Morgan fingerprint density at radius 1 is 1.45 bits per heavy atom. The Morgan fingerprint density at radius 2 is 2.00 bits per heavy atom. The summed E-state index contributed by atoms with van der Waals surface area (Å²) in [6.07, 6.45) is 0.715. The van der Waals surface area contributed by atoms with Crippen LogP contribution >= 0.6 is 27.3 Å². The maximum atomic E-state index is 11.7. The van der Waals surface area contributed by atoms with Gasteiger partial charge < -0.3 is 5.73 Å². The molecule has 120 valence electrons. The summed E-state index contributed by atoms with van der Waals surface area (Å²) in [6, 6.07) is 5.77. The number of aryl methyl sites for hydroxylation is 1. The average Bonchev–Trinajstić information content (AvgIpc) is 2.76. The summed E-state index contributed by atoms with van der Waals surface area (Å²) in [6.45, 7) is 2.00. The highest BCUT2D eigenvalue weighted by atomic mass is 79.9. The Balaban J connectivity index is 0.000000422. The molecule has 5 N–H and O–H groups in total. The van der Waals surface area contributed by atoms with Gasteiger partial charge in [0.05, 0.1) is 11.1 Å². The SMILES string of the molecule is CS(=O)(=O)O.Cc1ccc2sc(C(=O)NC(=N)N)cc2c1Br. The first kappa shape index (κ1) is 18.6. The van der Waals surface area contributed by atoms with Gasteiger partial charge in [-0.25, -0.2) is 0 Å². The predicted octanol–water partition coefficient (Wildman–Crippen LogP) is 2.10. The second-order valence-corrected chi connectivity index (χ2v) is 7.66. The molecule has 1 aromatic carbocycles. The molecule has 0 saturated carbocycles. The number of rotatable bonds is 1. The zero-order chi connectivity index (χ0) is 17.1. The highest BCUT2D eigenvalue weighted by Gasteiger charge is 2.12. The van der Waals surface area contributed by atoms with Crippen LogP contribution in [0, 0.1) is 12.3 Å². The maximum Gasteiger partial charge on any atom is 0.268 e. The smallest absolute Gasteiger partial charge is 0.268 e. The Morgan fingerprint density at radius 3 is 2.50 bits per heavy atom. The van der Waals surface area contributed by atoms with Crippen molar-refractivity contribution in [3.8, 4) is 0 Å². The molecule has 10 heteroatoms. The number of benzene rings is 1. The molecule has 0 aliphatic heterocycles. The molecular weight excluding hydrogens is 394 g/mol. The lowest BCUT2D eigenvalue weighted by Gasteiger charge is -1.98. The molecule has 2 rings (SSSR count). The largest absolute Gasteiger partial charge is 0.370 e. The van der Waals surface area contributed by atoms with Crippen molar-refractivity contribution in [3.05, 3.63) is 33.1 Å². The molecule has 1 amide bonds. The lowest BCUT2D eigenvalue weighted by atomic mass is 10.2. The second kappa shape index (κ2) is 7.18. The molecule has 1 aromatic heterocycles. The predicted molar refractivity (Wildman–Crippen MR) is 91.1 cm³/mol. The van der Waals surface area contributed by atoms with Gasteiger partial charge >= 0.3 is 0 Å². The highest BCUT2D eigenvalue weighted by molar-refractivity contribution is 9.10. The van der Waals surface area contributed by atoms with Crippen molar-refractivity contribution >= 4 is 59.3 Å². The molecule has 0 aliphatic carbocycles. The van der Waals surface area contributed by atoms with Crippen molar-refractivity contribution in [2.75, 3.05) is 6.26 Å². The number of halogens is 1. The maximum absolute atomic E-state index is 11.7. The molecule has 0 saturated heterocycles. The van der Waals surface area contributed by atoms with Gasteiger partial charge in [0.1, 0.15) is 0 Å². The summed E-state index contributed by atoms with van der Waals surface area (Å²) in [5, 5.41) is 10.3. The number of carbonyl (C=O) groups excluding carboxylic acids is 1. The minimum absolute atomic E-state index is 0.344. The third kappa shape index (κ3) is 5.72. The topological polar surface area (TPSA) is 133 Å². The van der Waals surface area contributed by atoms with Crippen molar-refractivity contribution in [1.82, 2.24) is 5.32 Å². The van der Waals surface area contributed by atoms with E-state index in [1.165, 1.54) is 11.3 Å². The molecular formula is C12H14BrN3O4S2. The standard InChI is InChI=1S/C11H10BrN3OS.CH4O3S/c1-5-2-3-7-6(9(5)12)4-8(17-7)10(16)15-11(13)14;1-5(2,3)4/h2-4H,1H3,(H4,13,14,15,16);1H3,(H,2,3,4). The monoisotopic (exact) mass is 407 g/mol. The van der Waals surface area contributed by atoms with Crippen LogP contribution in [0.4, 0.5) is 0 Å². The van der Waals surface area contributed by atoms with Crippen molar-refractivity contribution in [3.63, 3.8) is 0 Å². The Hall–Kier alpha value is -1.49. The van der Waals surface area contributed by atoms with Gasteiger partial charge in [-0.1, -0.05) is 6.07 Å². The summed E-state index contributed by atoms with van der Waals surface area (Å²) >= 11 is 4.88. The first-order valence-corrected chi connectivity index (χ1v) is 9.21. The van der Waals surface area contributed by atoms with Crippen molar-refractivity contribution < 1.29 is 17.8 Å². The molecule has 0 spiro atoms. The van der Waals surface area contributed by atoms with Crippen LogP contribution in [-0.2, 0) is 10.1 Å². The van der Waals surface area contributed by atoms with E-state index in [1.807, 2.05) is 19.1 Å². The normalized spacial score (nSPS) is 10.7. The van der Waals surface area contributed by atoms with Gasteiger partial charge in [-0.3, -0.25) is 20.1 Å². The molecule has 0 unspecified atom stereocenters. The van der Waals surface area contributed by atoms with Gasteiger partial charge in [-0.15, -0.1) is 11.3 Å². The number of nitrogens with one attached hydrogen (secondary N) is 2. The Kier molecular flexibility index (Phi) is 6.06. The molecule has 1 heterocycles. The van der Waals surface area contributed by atoms with Crippen molar-refractivity contribution in [2.24, 2.45) is 5.73 Å². The van der Waals surface area contributed by atoms with Gasteiger partial charge in [0.2, 0.25) is 0 Å². The van der Waals surface area contributed by atoms with E-state index in [2.05, 4.69) is 21.2 Å². The van der Waals surface area contributed by atoms with E-state index in [1.54, 1.807) is 6.07 Å². The average molecular weight is 408 g/mol. The second-order valence-electron chi connectivity index (χ2n) is 4.32. The first-order valence-electron chi connectivity index (χ1n) is 5.75. The quantitative estimate of drug-likeness (QED) is 0.326. The summed E-state index contributed by atoms with van der Waals surface area (Å²) in [4.78, 5) is 12.2.